The van der Waals surface area contributed by atoms with E-state index in [1.165, 1.54) is 0 Å². The first kappa shape index (κ1) is 6.55. The van der Waals surface area contributed by atoms with Gasteiger partial charge in [0.25, 0.3) is 0 Å². The Morgan fingerprint density at radius 3 is 2.44 bits per heavy atom. The third kappa shape index (κ3) is 0.920. The summed E-state index contributed by atoms with van der Waals surface area (Å²) >= 11 is 0. The van der Waals surface area contributed by atoms with Gasteiger partial charge in [0.15, 0.2) is 0 Å². The van der Waals surface area contributed by atoms with Crippen LogP contribution in [0.4, 0.5) is 0 Å². The zero-order valence-electron chi connectivity index (χ0n) is 5.79. The summed E-state index contributed by atoms with van der Waals surface area (Å²) in [5, 5.41) is 0. The number of nitrogens with zero attached hydrogens (tertiary/aromatic N) is 1. The normalized spacial score (nSPS) is 35.9. The second-order valence-electron chi connectivity index (χ2n) is 2.64. The number of hydrogen-bond acceptors (Lipinski definition) is 2. The standard InChI is InChI=1S/C6H12N2O/c1-4-3-5(7)6(9)8(4)2/h4-5H,3,7H2,1-2H3. The number of likely N-dealkylation sites (tertiary alicyclic amines) is 1. The molecule has 2 N–H and O–H groups in total. The van der Waals surface area contributed by atoms with Crippen LogP contribution < -0.4 is 5.73 Å². The van der Waals surface area contributed by atoms with Gasteiger partial charge >= 0.3 is 0 Å². The SMILES string of the molecule is CC1CC(N)C(=O)N1C. The Kier molecular flexibility index (Phi) is 1.45. The van der Waals surface area contributed by atoms with Gasteiger partial charge in [0.2, 0.25) is 5.91 Å². The third-order valence-electron chi connectivity index (χ3n) is 1.92. The van der Waals surface area contributed by atoms with Gasteiger partial charge in [0.1, 0.15) is 0 Å². The highest BCUT2D eigenvalue weighted by Crippen LogP contribution is 2.13. The summed E-state index contributed by atoms with van der Waals surface area (Å²) in [6.07, 6.45) is 0.801. The molecule has 1 rings (SSSR count). The molecule has 3 nitrogen and oxygen atoms in total. The average molecular weight is 128 g/mol. The van der Waals surface area contributed by atoms with Crippen LogP contribution in [-0.2, 0) is 4.79 Å². The first-order chi connectivity index (χ1) is 4.13. The lowest BCUT2D eigenvalue weighted by Gasteiger charge is -2.13. The molecule has 0 aliphatic carbocycles. The van der Waals surface area contributed by atoms with E-state index in [4.69, 9.17) is 5.73 Å². The molecule has 1 saturated heterocycles. The third-order valence-corrected chi connectivity index (χ3v) is 1.92. The van der Waals surface area contributed by atoms with E-state index < -0.39 is 0 Å². The van der Waals surface area contributed by atoms with Crippen molar-refractivity contribution in [2.24, 2.45) is 5.73 Å². The van der Waals surface area contributed by atoms with Gasteiger partial charge in [0.05, 0.1) is 6.04 Å². The van der Waals surface area contributed by atoms with Crippen molar-refractivity contribution in [3.63, 3.8) is 0 Å². The molecule has 0 radical (unpaired) electrons. The molecular formula is C6H12N2O. The Balaban J connectivity index is 2.65. The van der Waals surface area contributed by atoms with Crippen molar-refractivity contribution >= 4 is 5.91 Å². The minimum absolute atomic E-state index is 0.0718. The van der Waals surface area contributed by atoms with Gasteiger partial charge < -0.3 is 10.6 Å². The summed E-state index contributed by atoms with van der Waals surface area (Å²) in [7, 11) is 1.79. The van der Waals surface area contributed by atoms with Gasteiger partial charge in [-0.05, 0) is 13.3 Å². The average Bonchev–Trinajstić information content (AvgIpc) is 1.98. The number of nitrogens with two attached hydrogens (primary N) is 1. The van der Waals surface area contributed by atoms with Gasteiger partial charge in [-0.3, -0.25) is 4.79 Å². The van der Waals surface area contributed by atoms with E-state index in [0.29, 0.717) is 6.04 Å². The molecule has 3 heteroatoms. The zero-order chi connectivity index (χ0) is 7.02. The van der Waals surface area contributed by atoms with E-state index in [2.05, 4.69) is 0 Å². The predicted octanol–water partition coefficient (Wildman–Crippen LogP) is -0.436. The maximum absolute atomic E-state index is 10.9. The molecule has 1 fully saturated rings. The fourth-order valence-electron chi connectivity index (χ4n) is 1.11. The van der Waals surface area contributed by atoms with Crippen LogP contribution >= 0.6 is 0 Å². The van der Waals surface area contributed by atoms with Crippen LogP contribution in [0.2, 0.25) is 0 Å². The molecule has 1 heterocycles. The minimum atomic E-state index is -0.245. The summed E-state index contributed by atoms with van der Waals surface area (Å²) in [5.41, 5.74) is 5.47. The second kappa shape index (κ2) is 1.99. The van der Waals surface area contributed by atoms with Crippen LogP contribution in [0, 0.1) is 0 Å². The van der Waals surface area contributed by atoms with Gasteiger partial charge in [-0.25, -0.2) is 0 Å². The van der Waals surface area contributed by atoms with Crippen LogP contribution in [0.25, 0.3) is 0 Å². The van der Waals surface area contributed by atoms with Crippen molar-refractivity contribution in [3.8, 4) is 0 Å². The molecule has 1 aliphatic heterocycles. The highest BCUT2D eigenvalue weighted by atomic mass is 16.2. The van der Waals surface area contributed by atoms with Crippen molar-refractivity contribution in [1.29, 1.82) is 0 Å². The quantitative estimate of drug-likeness (QED) is 0.481. The van der Waals surface area contributed by atoms with Crippen LogP contribution in [0.15, 0.2) is 0 Å². The summed E-state index contributed by atoms with van der Waals surface area (Å²) in [6.45, 7) is 2.00. The van der Waals surface area contributed by atoms with Crippen molar-refractivity contribution in [2.75, 3.05) is 7.05 Å². The van der Waals surface area contributed by atoms with Gasteiger partial charge in [-0.15, -0.1) is 0 Å². The van der Waals surface area contributed by atoms with E-state index in [0.717, 1.165) is 6.42 Å². The molecule has 9 heavy (non-hydrogen) atoms. The number of carbonyl (C=O) groups excluding carboxylic acids is 1. The number of likely N-dealkylation sites (N-methyl/N-ethyl adjacent to an activating group) is 1. The molecular weight excluding hydrogens is 116 g/mol. The lowest BCUT2D eigenvalue weighted by Crippen LogP contribution is -2.32. The van der Waals surface area contributed by atoms with Crippen LogP contribution in [0.3, 0.4) is 0 Å². The van der Waals surface area contributed by atoms with Crippen molar-refractivity contribution < 1.29 is 4.79 Å². The van der Waals surface area contributed by atoms with Crippen LogP contribution in [0.1, 0.15) is 13.3 Å². The second-order valence-corrected chi connectivity index (χ2v) is 2.64. The highest BCUT2D eigenvalue weighted by molar-refractivity contribution is 5.83. The maximum atomic E-state index is 10.9. The number of amides is 1. The number of rotatable bonds is 0. The number of carbonyl (C=O) groups is 1. The van der Waals surface area contributed by atoms with E-state index in [1.807, 2.05) is 6.92 Å². The largest absolute Gasteiger partial charge is 0.342 e. The van der Waals surface area contributed by atoms with Gasteiger partial charge in [0, 0.05) is 13.1 Å². The van der Waals surface area contributed by atoms with Crippen molar-refractivity contribution in [2.45, 2.75) is 25.4 Å². The van der Waals surface area contributed by atoms with E-state index in [-0.39, 0.29) is 11.9 Å². The molecule has 0 aromatic heterocycles. The van der Waals surface area contributed by atoms with Crippen molar-refractivity contribution in [3.05, 3.63) is 0 Å². The molecule has 1 aliphatic rings. The highest BCUT2D eigenvalue weighted by Gasteiger charge is 2.31. The molecule has 52 valence electrons. The lowest BCUT2D eigenvalue weighted by molar-refractivity contribution is -0.128. The Bertz CT molecular complexity index is 135. The fraction of sp³-hybridized carbons (Fsp3) is 0.833. The van der Waals surface area contributed by atoms with E-state index in [1.54, 1.807) is 11.9 Å². The number of hydrogen-bond donors (Lipinski definition) is 1. The van der Waals surface area contributed by atoms with E-state index >= 15 is 0 Å². The van der Waals surface area contributed by atoms with Gasteiger partial charge in [-0.2, -0.15) is 0 Å². The molecule has 0 bridgehead atoms. The summed E-state index contributed by atoms with van der Waals surface area (Å²) in [5.74, 6) is 0.0718. The maximum Gasteiger partial charge on any atom is 0.239 e. The summed E-state index contributed by atoms with van der Waals surface area (Å²) < 4.78 is 0. The van der Waals surface area contributed by atoms with Crippen LogP contribution in [0.5, 0.6) is 0 Å². The van der Waals surface area contributed by atoms with Crippen molar-refractivity contribution in [1.82, 2.24) is 4.90 Å². The predicted molar refractivity (Wildman–Crippen MR) is 34.8 cm³/mol. The molecule has 1 amide bonds. The molecule has 0 spiro atoms. The Hall–Kier alpha value is -0.570. The smallest absolute Gasteiger partial charge is 0.239 e. The Morgan fingerprint density at radius 2 is 2.33 bits per heavy atom. The zero-order valence-corrected chi connectivity index (χ0v) is 5.79. The minimum Gasteiger partial charge on any atom is -0.342 e. The summed E-state index contributed by atoms with van der Waals surface area (Å²) in [4.78, 5) is 12.6. The fourth-order valence-corrected chi connectivity index (χ4v) is 1.11. The Morgan fingerprint density at radius 1 is 1.78 bits per heavy atom. The monoisotopic (exact) mass is 128 g/mol. The molecule has 0 aromatic carbocycles. The molecule has 0 saturated carbocycles. The molecule has 2 atom stereocenters. The van der Waals surface area contributed by atoms with Gasteiger partial charge in [-0.1, -0.05) is 0 Å². The van der Waals surface area contributed by atoms with Crippen LogP contribution in [-0.4, -0.2) is 29.9 Å². The van der Waals surface area contributed by atoms with E-state index in [9.17, 15) is 4.79 Å². The lowest BCUT2D eigenvalue weighted by atomic mass is 10.2. The first-order valence-electron chi connectivity index (χ1n) is 3.15. The topological polar surface area (TPSA) is 46.3 Å². The molecule has 0 aromatic rings. The molecule has 2 unspecified atom stereocenters. The summed E-state index contributed by atoms with van der Waals surface area (Å²) in [6, 6.07) is 0.0810. The first-order valence-corrected chi connectivity index (χ1v) is 3.15. The Labute approximate surface area is 54.8 Å².